The van der Waals surface area contributed by atoms with Gasteiger partial charge in [-0.2, -0.15) is 0 Å². The molecule has 1 aromatic rings. The van der Waals surface area contributed by atoms with Crippen LogP contribution in [-0.2, 0) is 0 Å². The third-order valence-corrected chi connectivity index (χ3v) is 2.14. The number of aryl methyl sites for hydroxylation is 1. The zero-order chi connectivity index (χ0) is 8.43. The number of aliphatic hydroxyl groups excluding tert-OH is 1. The smallest absolute Gasteiger partial charge is 0.101 e. The molecule has 0 aliphatic carbocycles. The van der Waals surface area contributed by atoms with Gasteiger partial charge in [0.25, 0.3) is 0 Å². The van der Waals surface area contributed by atoms with Crippen LogP contribution in [0.3, 0.4) is 0 Å². The molecule has 0 bridgehead atoms. The van der Waals surface area contributed by atoms with Crippen molar-refractivity contribution in [2.45, 2.75) is 20.0 Å². The van der Waals surface area contributed by atoms with E-state index in [2.05, 4.69) is 27.6 Å². The van der Waals surface area contributed by atoms with E-state index >= 15 is 0 Å². The molecule has 1 rings (SSSR count). The van der Waals surface area contributed by atoms with Crippen molar-refractivity contribution in [2.24, 2.45) is 0 Å². The van der Waals surface area contributed by atoms with Gasteiger partial charge in [0.15, 0.2) is 0 Å². The Hall–Kier alpha value is -0.160. The number of halogens is 1. The zero-order valence-corrected chi connectivity index (χ0v) is 8.66. The van der Waals surface area contributed by atoms with Crippen LogP contribution in [0.5, 0.6) is 0 Å². The van der Waals surface area contributed by atoms with Gasteiger partial charge in [-0.1, -0.05) is 6.07 Å². The van der Waals surface area contributed by atoms with Crippen LogP contribution in [0.25, 0.3) is 0 Å². The fraction of sp³-hybridized carbons (Fsp3) is 0.375. The molecular formula is C8H10INO. The molecule has 0 radical (unpaired) electrons. The molecule has 11 heavy (non-hydrogen) atoms. The number of hydrogen-bond donors (Lipinski definition) is 1. The predicted molar refractivity (Wildman–Crippen MR) is 52.3 cm³/mol. The van der Waals surface area contributed by atoms with Gasteiger partial charge in [0.05, 0.1) is 6.10 Å². The first-order valence-electron chi connectivity index (χ1n) is 3.42. The summed E-state index contributed by atoms with van der Waals surface area (Å²) in [5, 5.41) is 9.25. The van der Waals surface area contributed by atoms with E-state index in [0.717, 1.165) is 15.0 Å². The molecular weight excluding hydrogens is 253 g/mol. The number of hydrogen-bond acceptors (Lipinski definition) is 2. The van der Waals surface area contributed by atoms with E-state index in [1.54, 1.807) is 6.92 Å². The third-order valence-electron chi connectivity index (χ3n) is 1.54. The zero-order valence-electron chi connectivity index (χ0n) is 6.50. The second-order valence-corrected chi connectivity index (χ2v) is 3.59. The number of aromatic nitrogens is 1. The van der Waals surface area contributed by atoms with Crippen molar-refractivity contribution in [3.63, 3.8) is 0 Å². The first kappa shape index (κ1) is 8.93. The molecule has 3 heteroatoms. The maximum absolute atomic E-state index is 9.25. The van der Waals surface area contributed by atoms with Crippen LogP contribution in [0.15, 0.2) is 12.1 Å². The molecule has 1 heterocycles. The molecule has 60 valence electrons. The Morgan fingerprint density at radius 3 is 2.64 bits per heavy atom. The lowest BCUT2D eigenvalue weighted by Crippen LogP contribution is -1.97. The predicted octanol–water partition coefficient (Wildman–Crippen LogP) is 2.05. The average Bonchev–Trinajstić information content (AvgIpc) is 1.85. The number of nitrogens with zero attached hydrogens (tertiary/aromatic N) is 1. The van der Waals surface area contributed by atoms with Crippen molar-refractivity contribution in [2.75, 3.05) is 0 Å². The standard InChI is InChI=1S/C8H10INO/c1-5-7(6(2)11)3-4-8(9)10-5/h3-4,6,11H,1-2H3. The van der Waals surface area contributed by atoms with Gasteiger partial charge in [-0.15, -0.1) is 0 Å². The quantitative estimate of drug-likeness (QED) is 0.621. The third kappa shape index (κ3) is 2.13. The first-order chi connectivity index (χ1) is 5.11. The van der Waals surface area contributed by atoms with Crippen LogP contribution in [0.1, 0.15) is 24.3 Å². The van der Waals surface area contributed by atoms with Crippen LogP contribution in [0.2, 0.25) is 0 Å². The highest BCUT2D eigenvalue weighted by atomic mass is 127. The van der Waals surface area contributed by atoms with Crippen molar-refractivity contribution in [1.29, 1.82) is 0 Å². The van der Waals surface area contributed by atoms with Crippen LogP contribution >= 0.6 is 22.6 Å². The second kappa shape index (κ2) is 3.49. The van der Waals surface area contributed by atoms with E-state index in [0.29, 0.717) is 0 Å². The molecule has 1 N–H and O–H groups in total. The molecule has 0 spiro atoms. The van der Waals surface area contributed by atoms with Gasteiger partial charge in [-0.3, -0.25) is 0 Å². The van der Waals surface area contributed by atoms with E-state index in [-0.39, 0.29) is 0 Å². The Bertz CT molecular complexity index is 260. The van der Waals surface area contributed by atoms with Crippen molar-refractivity contribution in [1.82, 2.24) is 4.98 Å². The van der Waals surface area contributed by atoms with E-state index in [4.69, 9.17) is 0 Å². The molecule has 0 saturated carbocycles. The Labute approximate surface area is 79.8 Å². The van der Waals surface area contributed by atoms with E-state index in [1.807, 2.05) is 19.1 Å². The first-order valence-corrected chi connectivity index (χ1v) is 4.50. The maximum atomic E-state index is 9.25. The molecule has 0 fully saturated rings. The Kier molecular flexibility index (Phi) is 2.84. The SMILES string of the molecule is Cc1nc(I)ccc1C(C)O. The topological polar surface area (TPSA) is 33.1 Å². The summed E-state index contributed by atoms with van der Waals surface area (Å²) in [6, 6.07) is 3.81. The fourth-order valence-electron chi connectivity index (χ4n) is 0.983. The minimum Gasteiger partial charge on any atom is -0.389 e. The fourth-order valence-corrected chi connectivity index (χ4v) is 1.52. The van der Waals surface area contributed by atoms with Gasteiger partial charge < -0.3 is 5.11 Å². The summed E-state index contributed by atoms with van der Waals surface area (Å²) >= 11 is 2.15. The molecule has 2 nitrogen and oxygen atoms in total. The van der Waals surface area contributed by atoms with E-state index in [1.165, 1.54) is 0 Å². The molecule has 0 saturated heterocycles. The van der Waals surface area contributed by atoms with Gasteiger partial charge in [-0.05, 0) is 42.5 Å². The van der Waals surface area contributed by atoms with Gasteiger partial charge >= 0.3 is 0 Å². The van der Waals surface area contributed by atoms with Gasteiger partial charge in [0.2, 0.25) is 0 Å². The molecule has 1 unspecified atom stereocenters. The summed E-state index contributed by atoms with van der Waals surface area (Å²) in [5.41, 5.74) is 1.82. The van der Waals surface area contributed by atoms with Crippen LogP contribution < -0.4 is 0 Å². The van der Waals surface area contributed by atoms with Gasteiger partial charge in [-0.25, -0.2) is 4.98 Å². The van der Waals surface area contributed by atoms with E-state index < -0.39 is 6.10 Å². The summed E-state index contributed by atoms with van der Waals surface area (Å²) in [7, 11) is 0. The van der Waals surface area contributed by atoms with Crippen molar-refractivity contribution in [3.05, 3.63) is 27.1 Å². The second-order valence-electron chi connectivity index (χ2n) is 2.48. The van der Waals surface area contributed by atoms with Crippen LogP contribution in [-0.4, -0.2) is 10.1 Å². The van der Waals surface area contributed by atoms with Crippen molar-refractivity contribution < 1.29 is 5.11 Å². The van der Waals surface area contributed by atoms with Crippen LogP contribution in [0.4, 0.5) is 0 Å². The molecule has 0 aliphatic rings. The normalized spacial score (nSPS) is 13.1. The average molecular weight is 263 g/mol. The maximum Gasteiger partial charge on any atom is 0.101 e. The van der Waals surface area contributed by atoms with Crippen LogP contribution in [0, 0.1) is 10.6 Å². The highest BCUT2D eigenvalue weighted by Crippen LogP contribution is 2.15. The Morgan fingerprint density at radius 1 is 1.55 bits per heavy atom. The monoisotopic (exact) mass is 263 g/mol. The molecule has 1 aromatic heterocycles. The molecule has 0 aromatic carbocycles. The number of pyridine rings is 1. The molecule has 0 amide bonds. The summed E-state index contributed by atoms with van der Waals surface area (Å²) in [4.78, 5) is 4.22. The highest BCUT2D eigenvalue weighted by Gasteiger charge is 2.04. The minimum atomic E-state index is -0.417. The van der Waals surface area contributed by atoms with Gasteiger partial charge in [0.1, 0.15) is 3.70 Å². The minimum absolute atomic E-state index is 0.417. The largest absolute Gasteiger partial charge is 0.389 e. The Morgan fingerprint density at radius 2 is 2.18 bits per heavy atom. The lowest BCUT2D eigenvalue weighted by molar-refractivity contribution is 0.198. The Balaban J connectivity index is 3.09. The summed E-state index contributed by atoms with van der Waals surface area (Å²) in [6.07, 6.45) is -0.417. The summed E-state index contributed by atoms with van der Waals surface area (Å²) in [6.45, 7) is 3.65. The number of rotatable bonds is 1. The van der Waals surface area contributed by atoms with E-state index in [9.17, 15) is 5.11 Å². The summed E-state index contributed by atoms with van der Waals surface area (Å²) in [5.74, 6) is 0. The lowest BCUT2D eigenvalue weighted by Gasteiger charge is -2.06. The molecule has 0 aliphatic heterocycles. The van der Waals surface area contributed by atoms with Gasteiger partial charge in [0, 0.05) is 11.3 Å². The van der Waals surface area contributed by atoms with Crippen molar-refractivity contribution in [3.8, 4) is 0 Å². The summed E-state index contributed by atoms with van der Waals surface area (Å²) < 4.78 is 0.963. The van der Waals surface area contributed by atoms with Crippen molar-refractivity contribution >= 4 is 22.6 Å². The highest BCUT2D eigenvalue weighted by molar-refractivity contribution is 14.1. The lowest BCUT2D eigenvalue weighted by atomic mass is 10.1. The molecule has 1 atom stereocenters. The number of aliphatic hydroxyl groups is 1.